The SMILES string of the molecule is O=C(O)[C@@H]1C[C@@H](C(=O)C(OC/C=C/c2ccccc2)(c2ccccc2)c2ccccc2)CN1. The van der Waals surface area contributed by atoms with Gasteiger partial charge in [-0.2, -0.15) is 0 Å². The lowest BCUT2D eigenvalue weighted by Gasteiger charge is -2.35. The standard InChI is InChI=1S/C28H27NO4/c30-26(22-19-25(27(31)32)29-20-22)28(23-14-6-2-7-15-23,24-16-8-3-9-17-24)33-18-10-13-21-11-4-1-5-12-21/h1-17,22,25,29H,18-20H2,(H,31,32)/b13-10+/t22-,25+/m1/s1. The zero-order valence-electron chi connectivity index (χ0n) is 18.3. The van der Waals surface area contributed by atoms with E-state index in [2.05, 4.69) is 5.32 Å². The number of nitrogens with one attached hydrogen (secondary N) is 1. The van der Waals surface area contributed by atoms with Gasteiger partial charge >= 0.3 is 5.97 Å². The summed E-state index contributed by atoms with van der Waals surface area (Å²) in [7, 11) is 0. The number of Topliss-reactive ketones (excluding diaryl/α,β-unsaturated/α-hetero) is 1. The summed E-state index contributed by atoms with van der Waals surface area (Å²) in [6.45, 7) is 0.521. The highest BCUT2D eigenvalue weighted by atomic mass is 16.5. The number of ketones is 1. The first kappa shape index (κ1) is 22.6. The topological polar surface area (TPSA) is 75.6 Å². The summed E-state index contributed by atoms with van der Waals surface area (Å²) in [5.74, 6) is -1.56. The summed E-state index contributed by atoms with van der Waals surface area (Å²) < 4.78 is 6.48. The Labute approximate surface area is 193 Å². The minimum Gasteiger partial charge on any atom is -0.480 e. The van der Waals surface area contributed by atoms with Crippen molar-refractivity contribution < 1.29 is 19.4 Å². The van der Waals surface area contributed by atoms with Crippen molar-refractivity contribution in [2.45, 2.75) is 18.1 Å². The van der Waals surface area contributed by atoms with Gasteiger partial charge in [0.15, 0.2) is 11.4 Å². The van der Waals surface area contributed by atoms with E-state index in [4.69, 9.17) is 4.74 Å². The third-order valence-corrected chi connectivity index (χ3v) is 6.01. The number of benzene rings is 3. The second-order valence-electron chi connectivity index (χ2n) is 8.13. The number of aliphatic carboxylic acids is 1. The van der Waals surface area contributed by atoms with Crippen LogP contribution in [0.15, 0.2) is 97.1 Å². The Hall–Kier alpha value is -3.54. The minimum absolute atomic E-state index is 0.135. The third kappa shape index (κ3) is 4.95. The molecule has 168 valence electrons. The van der Waals surface area contributed by atoms with Crippen LogP contribution in [0.1, 0.15) is 23.1 Å². The quantitative estimate of drug-likeness (QED) is 0.518. The van der Waals surface area contributed by atoms with E-state index in [-0.39, 0.29) is 18.8 Å². The Bertz CT molecular complexity index is 1060. The van der Waals surface area contributed by atoms with Crippen molar-refractivity contribution in [3.05, 3.63) is 114 Å². The average Bonchev–Trinajstić information content (AvgIpc) is 3.37. The second-order valence-corrected chi connectivity index (χ2v) is 8.13. The Kier molecular flexibility index (Phi) is 7.13. The summed E-state index contributed by atoms with van der Waals surface area (Å²) in [6.07, 6.45) is 4.10. The van der Waals surface area contributed by atoms with E-state index in [1.54, 1.807) is 0 Å². The van der Waals surface area contributed by atoms with Crippen LogP contribution in [-0.4, -0.2) is 36.1 Å². The Morgan fingerprint density at radius 2 is 1.45 bits per heavy atom. The molecule has 0 radical (unpaired) electrons. The molecule has 1 aliphatic heterocycles. The molecule has 0 aliphatic carbocycles. The van der Waals surface area contributed by atoms with Gasteiger partial charge in [0.2, 0.25) is 0 Å². The van der Waals surface area contributed by atoms with Crippen LogP contribution >= 0.6 is 0 Å². The number of carbonyl (C=O) groups is 2. The first-order chi connectivity index (χ1) is 16.1. The number of hydrogen-bond acceptors (Lipinski definition) is 4. The number of hydrogen-bond donors (Lipinski definition) is 2. The van der Waals surface area contributed by atoms with Crippen molar-refractivity contribution >= 4 is 17.8 Å². The van der Waals surface area contributed by atoms with Crippen LogP contribution in [-0.2, 0) is 19.9 Å². The zero-order valence-corrected chi connectivity index (χ0v) is 18.3. The van der Waals surface area contributed by atoms with E-state index in [1.165, 1.54) is 0 Å². The van der Waals surface area contributed by atoms with Gasteiger partial charge in [-0.15, -0.1) is 0 Å². The van der Waals surface area contributed by atoms with Crippen LogP contribution in [0.25, 0.3) is 6.08 Å². The van der Waals surface area contributed by atoms with Gasteiger partial charge in [0.1, 0.15) is 6.04 Å². The van der Waals surface area contributed by atoms with Crippen LogP contribution in [0, 0.1) is 5.92 Å². The number of ether oxygens (including phenoxy) is 1. The van der Waals surface area contributed by atoms with E-state index in [1.807, 2.05) is 103 Å². The molecule has 2 N–H and O–H groups in total. The van der Waals surface area contributed by atoms with Gasteiger partial charge in [0.25, 0.3) is 0 Å². The van der Waals surface area contributed by atoms with Crippen molar-refractivity contribution in [2.24, 2.45) is 5.92 Å². The van der Waals surface area contributed by atoms with Crippen molar-refractivity contribution in [2.75, 3.05) is 13.2 Å². The molecule has 1 heterocycles. The summed E-state index contributed by atoms with van der Waals surface area (Å²) in [5.41, 5.74) is 1.16. The van der Waals surface area contributed by atoms with Crippen molar-refractivity contribution in [1.82, 2.24) is 5.32 Å². The maximum Gasteiger partial charge on any atom is 0.320 e. The number of carboxylic acid groups (broad SMARTS) is 1. The van der Waals surface area contributed by atoms with Crippen LogP contribution < -0.4 is 5.32 Å². The normalized spacial score (nSPS) is 18.4. The van der Waals surface area contributed by atoms with E-state index in [0.717, 1.165) is 16.7 Å². The lowest BCUT2D eigenvalue weighted by atomic mass is 9.77. The molecule has 0 saturated carbocycles. The Morgan fingerprint density at radius 3 is 1.97 bits per heavy atom. The summed E-state index contributed by atoms with van der Waals surface area (Å²) in [5, 5.41) is 12.4. The van der Waals surface area contributed by atoms with Gasteiger partial charge in [0, 0.05) is 12.5 Å². The van der Waals surface area contributed by atoms with Gasteiger partial charge in [-0.25, -0.2) is 0 Å². The first-order valence-corrected chi connectivity index (χ1v) is 11.1. The lowest BCUT2D eigenvalue weighted by molar-refractivity contribution is -0.143. The third-order valence-electron chi connectivity index (χ3n) is 6.01. The van der Waals surface area contributed by atoms with Crippen LogP contribution in [0.3, 0.4) is 0 Å². The van der Waals surface area contributed by atoms with E-state index in [0.29, 0.717) is 6.54 Å². The molecular formula is C28H27NO4. The van der Waals surface area contributed by atoms with Gasteiger partial charge in [-0.1, -0.05) is 103 Å². The van der Waals surface area contributed by atoms with Gasteiger partial charge in [0.05, 0.1) is 6.61 Å². The molecule has 1 saturated heterocycles. The molecule has 1 fully saturated rings. The highest BCUT2D eigenvalue weighted by Gasteiger charge is 2.48. The summed E-state index contributed by atoms with van der Waals surface area (Å²) in [4.78, 5) is 25.6. The van der Waals surface area contributed by atoms with Crippen molar-refractivity contribution in [3.8, 4) is 0 Å². The van der Waals surface area contributed by atoms with Gasteiger partial charge in [-0.3, -0.25) is 9.59 Å². The Morgan fingerprint density at radius 1 is 0.909 bits per heavy atom. The van der Waals surface area contributed by atoms with Crippen molar-refractivity contribution in [1.29, 1.82) is 0 Å². The van der Waals surface area contributed by atoms with Gasteiger partial charge in [-0.05, 0) is 23.1 Å². The smallest absolute Gasteiger partial charge is 0.320 e. The monoisotopic (exact) mass is 441 g/mol. The zero-order chi connectivity index (χ0) is 23.1. The molecule has 0 spiro atoms. The lowest BCUT2D eigenvalue weighted by Crippen LogP contribution is -2.44. The maximum absolute atomic E-state index is 14.1. The molecular weight excluding hydrogens is 414 g/mol. The van der Waals surface area contributed by atoms with Crippen molar-refractivity contribution in [3.63, 3.8) is 0 Å². The molecule has 0 amide bonds. The molecule has 0 unspecified atom stereocenters. The molecule has 4 rings (SSSR count). The second kappa shape index (κ2) is 10.4. The summed E-state index contributed by atoms with van der Waals surface area (Å²) >= 11 is 0. The average molecular weight is 442 g/mol. The van der Waals surface area contributed by atoms with E-state index < -0.39 is 23.5 Å². The Balaban J connectivity index is 1.71. The number of carboxylic acids is 1. The maximum atomic E-state index is 14.1. The molecule has 33 heavy (non-hydrogen) atoms. The van der Waals surface area contributed by atoms with E-state index >= 15 is 0 Å². The molecule has 5 heteroatoms. The van der Waals surface area contributed by atoms with Crippen LogP contribution in [0.5, 0.6) is 0 Å². The van der Waals surface area contributed by atoms with E-state index in [9.17, 15) is 14.7 Å². The predicted octanol–water partition coefficient (Wildman–Crippen LogP) is 4.29. The van der Waals surface area contributed by atoms with Gasteiger partial charge < -0.3 is 15.2 Å². The molecule has 2 atom stereocenters. The highest BCUT2D eigenvalue weighted by Crippen LogP contribution is 2.39. The minimum atomic E-state index is -1.34. The fourth-order valence-electron chi connectivity index (χ4n) is 4.37. The van der Waals surface area contributed by atoms with Crippen LogP contribution in [0.4, 0.5) is 0 Å². The highest BCUT2D eigenvalue weighted by molar-refractivity contribution is 5.95. The number of rotatable bonds is 9. The fraction of sp³-hybridized carbons (Fsp3) is 0.214. The molecule has 0 bridgehead atoms. The molecule has 5 nitrogen and oxygen atoms in total. The summed E-state index contributed by atoms with van der Waals surface area (Å²) in [6, 6.07) is 28.1. The largest absolute Gasteiger partial charge is 0.480 e. The predicted molar refractivity (Wildman–Crippen MR) is 128 cm³/mol. The fourth-order valence-corrected chi connectivity index (χ4v) is 4.37. The molecule has 3 aromatic rings. The molecule has 3 aromatic carbocycles. The molecule has 1 aliphatic rings. The number of carbonyl (C=O) groups excluding carboxylic acids is 1. The molecule has 0 aromatic heterocycles. The first-order valence-electron chi connectivity index (χ1n) is 11.1. The van der Waals surface area contributed by atoms with Crippen LogP contribution in [0.2, 0.25) is 0 Å².